The highest BCUT2D eigenvalue weighted by atomic mass is 19.1. The SMILES string of the molecule is Fc1cccc(NCCOc2ccccc2)c1. The molecule has 0 aliphatic rings. The summed E-state index contributed by atoms with van der Waals surface area (Å²) >= 11 is 0. The van der Waals surface area contributed by atoms with Crippen molar-refractivity contribution in [3.8, 4) is 5.75 Å². The lowest BCUT2D eigenvalue weighted by Crippen LogP contribution is -2.11. The molecule has 0 aromatic heterocycles. The second-order valence-electron chi connectivity index (χ2n) is 3.60. The number of anilines is 1. The fourth-order valence-electron chi connectivity index (χ4n) is 1.48. The van der Waals surface area contributed by atoms with E-state index >= 15 is 0 Å². The van der Waals surface area contributed by atoms with Gasteiger partial charge in [-0.15, -0.1) is 0 Å². The lowest BCUT2D eigenvalue weighted by atomic mass is 10.3. The fourth-order valence-corrected chi connectivity index (χ4v) is 1.48. The number of benzene rings is 2. The number of para-hydroxylation sites is 1. The maximum absolute atomic E-state index is 12.9. The predicted octanol–water partition coefficient (Wildman–Crippen LogP) is 3.32. The molecule has 0 fully saturated rings. The third kappa shape index (κ3) is 3.79. The van der Waals surface area contributed by atoms with Crippen LogP contribution in [0.15, 0.2) is 54.6 Å². The second-order valence-corrected chi connectivity index (χ2v) is 3.60. The molecule has 0 amide bonds. The Morgan fingerprint density at radius 3 is 2.59 bits per heavy atom. The van der Waals surface area contributed by atoms with E-state index in [0.29, 0.717) is 13.2 Å². The summed E-state index contributed by atoms with van der Waals surface area (Å²) in [5.41, 5.74) is 0.765. The van der Waals surface area contributed by atoms with Crippen LogP contribution in [0.5, 0.6) is 5.75 Å². The molecular formula is C14H14FNO. The smallest absolute Gasteiger partial charge is 0.125 e. The maximum atomic E-state index is 12.9. The van der Waals surface area contributed by atoms with Crippen LogP contribution in [0.3, 0.4) is 0 Å². The van der Waals surface area contributed by atoms with E-state index in [4.69, 9.17) is 4.74 Å². The van der Waals surface area contributed by atoms with Gasteiger partial charge in [-0.1, -0.05) is 24.3 Å². The Hall–Kier alpha value is -2.03. The first-order valence-corrected chi connectivity index (χ1v) is 5.52. The van der Waals surface area contributed by atoms with E-state index in [-0.39, 0.29) is 5.82 Å². The summed E-state index contributed by atoms with van der Waals surface area (Å²) in [6.45, 7) is 1.18. The summed E-state index contributed by atoms with van der Waals surface area (Å²) in [5, 5.41) is 3.09. The summed E-state index contributed by atoms with van der Waals surface area (Å²) in [6, 6.07) is 16.0. The molecule has 2 nitrogen and oxygen atoms in total. The van der Waals surface area contributed by atoms with E-state index in [0.717, 1.165) is 11.4 Å². The number of ether oxygens (including phenoxy) is 1. The molecule has 0 radical (unpaired) electrons. The van der Waals surface area contributed by atoms with Gasteiger partial charge in [-0.25, -0.2) is 4.39 Å². The monoisotopic (exact) mass is 231 g/mol. The summed E-state index contributed by atoms with van der Waals surface area (Å²) < 4.78 is 18.4. The van der Waals surface area contributed by atoms with Crippen LogP contribution in [-0.2, 0) is 0 Å². The molecule has 0 bridgehead atoms. The Labute approximate surface area is 100 Å². The molecule has 0 unspecified atom stereocenters. The van der Waals surface area contributed by atoms with Gasteiger partial charge in [0.05, 0.1) is 0 Å². The molecule has 88 valence electrons. The van der Waals surface area contributed by atoms with Gasteiger partial charge in [0.25, 0.3) is 0 Å². The van der Waals surface area contributed by atoms with Crippen molar-refractivity contribution in [1.29, 1.82) is 0 Å². The van der Waals surface area contributed by atoms with Crippen LogP contribution < -0.4 is 10.1 Å². The highest BCUT2D eigenvalue weighted by Gasteiger charge is 1.94. The molecule has 0 aliphatic heterocycles. The van der Waals surface area contributed by atoms with Crippen molar-refractivity contribution in [1.82, 2.24) is 0 Å². The van der Waals surface area contributed by atoms with Crippen LogP contribution in [0.2, 0.25) is 0 Å². The summed E-state index contributed by atoms with van der Waals surface area (Å²) in [6.07, 6.45) is 0. The number of hydrogen-bond acceptors (Lipinski definition) is 2. The Morgan fingerprint density at radius 2 is 1.82 bits per heavy atom. The highest BCUT2D eigenvalue weighted by molar-refractivity contribution is 5.42. The van der Waals surface area contributed by atoms with Crippen molar-refractivity contribution in [3.05, 3.63) is 60.4 Å². The first kappa shape index (κ1) is 11.5. The van der Waals surface area contributed by atoms with Crippen LogP contribution in [0.25, 0.3) is 0 Å². The van der Waals surface area contributed by atoms with Gasteiger partial charge in [0, 0.05) is 12.2 Å². The molecule has 2 rings (SSSR count). The Balaban J connectivity index is 1.73. The molecule has 0 aliphatic carbocycles. The molecule has 17 heavy (non-hydrogen) atoms. The van der Waals surface area contributed by atoms with Gasteiger partial charge < -0.3 is 10.1 Å². The first-order valence-electron chi connectivity index (χ1n) is 5.52. The maximum Gasteiger partial charge on any atom is 0.125 e. The van der Waals surface area contributed by atoms with Crippen LogP contribution in [0.4, 0.5) is 10.1 Å². The Bertz CT molecular complexity index is 459. The molecule has 0 heterocycles. The van der Waals surface area contributed by atoms with Crippen LogP contribution in [0.1, 0.15) is 0 Å². The number of halogens is 1. The van der Waals surface area contributed by atoms with E-state index < -0.39 is 0 Å². The molecule has 3 heteroatoms. The average Bonchev–Trinajstić information content (AvgIpc) is 2.36. The van der Waals surface area contributed by atoms with E-state index in [9.17, 15) is 4.39 Å². The minimum Gasteiger partial charge on any atom is -0.492 e. The minimum absolute atomic E-state index is 0.237. The van der Waals surface area contributed by atoms with Crippen molar-refractivity contribution < 1.29 is 9.13 Å². The van der Waals surface area contributed by atoms with E-state index in [1.165, 1.54) is 12.1 Å². The van der Waals surface area contributed by atoms with Crippen molar-refractivity contribution in [2.45, 2.75) is 0 Å². The molecule has 0 atom stereocenters. The lowest BCUT2D eigenvalue weighted by molar-refractivity contribution is 0.333. The van der Waals surface area contributed by atoms with E-state index in [1.54, 1.807) is 6.07 Å². The molecule has 0 spiro atoms. The summed E-state index contributed by atoms with van der Waals surface area (Å²) in [4.78, 5) is 0. The van der Waals surface area contributed by atoms with Crippen molar-refractivity contribution >= 4 is 5.69 Å². The zero-order chi connectivity index (χ0) is 11.9. The largest absolute Gasteiger partial charge is 0.492 e. The normalized spacial score (nSPS) is 9.94. The van der Waals surface area contributed by atoms with Gasteiger partial charge >= 0.3 is 0 Å². The standard InChI is InChI=1S/C14H14FNO/c15-12-5-4-6-13(11-12)16-9-10-17-14-7-2-1-3-8-14/h1-8,11,16H,9-10H2. The molecule has 0 saturated carbocycles. The van der Waals surface area contributed by atoms with Gasteiger partial charge in [-0.3, -0.25) is 0 Å². The predicted molar refractivity (Wildman–Crippen MR) is 66.8 cm³/mol. The van der Waals surface area contributed by atoms with Gasteiger partial charge in [-0.2, -0.15) is 0 Å². The van der Waals surface area contributed by atoms with E-state index in [2.05, 4.69) is 5.32 Å². The van der Waals surface area contributed by atoms with Crippen LogP contribution >= 0.6 is 0 Å². The second kappa shape index (κ2) is 5.89. The quantitative estimate of drug-likeness (QED) is 0.797. The highest BCUT2D eigenvalue weighted by Crippen LogP contribution is 2.10. The van der Waals surface area contributed by atoms with Crippen molar-refractivity contribution in [3.63, 3.8) is 0 Å². The average molecular weight is 231 g/mol. The number of hydrogen-bond donors (Lipinski definition) is 1. The van der Waals surface area contributed by atoms with Crippen molar-refractivity contribution in [2.24, 2.45) is 0 Å². The van der Waals surface area contributed by atoms with Gasteiger partial charge in [0.1, 0.15) is 18.2 Å². The Morgan fingerprint density at radius 1 is 1.00 bits per heavy atom. The third-order valence-electron chi connectivity index (χ3n) is 2.27. The minimum atomic E-state index is -0.237. The summed E-state index contributed by atoms with van der Waals surface area (Å²) in [7, 11) is 0. The molecule has 1 N–H and O–H groups in total. The molecule has 2 aromatic carbocycles. The Kier molecular flexibility index (Phi) is 3.97. The molecule has 2 aromatic rings. The first-order chi connectivity index (χ1) is 8.34. The van der Waals surface area contributed by atoms with E-state index in [1.807, 2.05) is 36.4 Å². The van der Waals surface area contributed by atoms with Crippen LogP contribution in [0, 0.1) is 5.82 Å². The van der Waals surface area contributed by atoms with Gasteiger partial charge in [-0.05, 0) is 30.3 Å². The van der Waals surface area contributed by atoms with Crippen LogP contribution in [-0.4, -0.2) is 13.2 Å². The third-order valence-corrected chi connectivity index (χ3v) is 2.27. The van der Waals surface area contributed by atoms with Gasteiger partial charge in [0.2, 0.25) is 0 Å². The van der Waals surface area contributed by atoms with Gasteiger partial charge in [0.15, 0.2) is 0 Å². The topological polar surface area (TPSA) is 21.3 Å². The molecular weight excluding hydrogens is 217 g/mol. The lowest BCUT2D eigenvalue weighted by Gasteiger charge is -2.08. The zero-order valence-corrected chi connectivity index (χ0v) is 9.40. The number of rotatable bonds is 5. The fraction of sp³-hybridized carbons (Fsp3) is 0.143. The van der Waals surface area contributed by atoms with Crippen molar-refractivity contribution in [2.75, 3.05) is 18.5 Å². The number of nitrogens with one attached hydrogen (secondary N) is 1. The summed E-state index contributed by atoms with van der Waals surface area (Å²) in [5.74, 6) is 0.604. The molecule has 0 saturated heterocycles. The zero-order valence-electron chi connectivity index (χ0n) is 9.40.